The molecule has 0 aromatic rings. The fraction of sp³-hybridized carbons (Fsp3) is 1.00. The zero-order valence-electron chi connectivity index (χ0n) is 6.16. The van der Waals surface area contributed by atoms with Crippen molar-refractivity contribution in [3.8, 4) is 0 Å². The molecule has 4 heteroatoms. The van der Waals surface area contributed by atoms with E-state index in [4.69, 9.17) is 20.7 Å². The van der Waals surface area contributed by atoms with Crippen molar-refractivity contribution >= 4 is 0 Å². The average molecular weight is 149 g/mol. The molecule has 0 rings (SSSR count). The number of hydrogen-bond acceptors (Lipinski definition) is 4. The van der Waals surface area contributed by atoms with Crippen LogP contribution in [0, 0.1) is 0 Å². The largest absolute Gasteiger partial charge is 0.394 e. The molecule has 0 saturated carbocycles. The summed E-state index contributed by atoms with van der Waals surface area (Å²) < 4.78 is 5.07. The minimum atomic E-state index is -0.345. The Labute approximate surface area is 60.6 Å². The number of aliphatic hydroxyl groups is 2. The highest BCUT2D eigenvalue weighted by Crippen LogP contribution is 1.94. The van der Waals surface area contributed by atoms with E-state index in [1.54, 1.807) is 6.92 Å². The van der Waals surface area contributed by atoms with Crippen LogP contribution in [0.2, 0.25) is 0 Å². The van der Waals surface area contributed by atoms with E-state index in [9.17, 15) is 0 Å². The topological polar surface area (TPSA) is 75.7 Å². The summed E-state index contributed by atoms with van der Waals surface area (Å²) in [7, 11) is 0. The Morgan fingerprint density at radius 2 is 2.00 bits per heavy atom. The SMILES string of the molecule is C[C@@H](CO)O[C@H](CN)CO. The third-order valence-corrected chi connectivity index (χ3v) is 1.15. The van der Waals surface area contributed by atoms with Gasteiger partial charge in [0.15, 0.2) is 0 Å². The third kappa shape index (κ3) is 3.79. The van der Waals surface area contributed by atoms with Crippen LogP contribution in [0.25, 0.3) is 0 Å². The summed E-state index contributed by atoms with van der Waals surface area (Å²) in [5.41, 5.74) is 5.22. The van der Waals surface area contributed by atoms with Crippen molar-refractivity contribution in [3.63, 3.8) is 0 Å². The molecule has 0 aromatic carbocycles. The zero-order chi connectivity index (χ0) is 7.98. The molecule has 0 fully saturated rings. The van der Waals surface area contributed by atoms with Gasteiger partial charge < -0.3 is 20.7 Å². The molecule has 62 valence electrons. The zero-order valence-corrected chi connectivity index (χ0v) is 6.16. The summed E-state index contributed by atoms with van der Waals surface area (Å²) in [4.78, 5) is 0. The van der Waals surface area contributed by atoms with Gasteiger partial charge in [0.2, 0.25) is 0 Å². The standard InChI is InChI=1S/C6H15NO3/c1-5(3-8)10-6(2-7)4-9/h5-6,8-9H,2-4,7H2,1H3/t5-,6+/m0/s1. The minimum Gasteiger partial charge on any atom is -0.394 e. The maximum absolute atomic E-state index is 8.58. The third-order valence-electron chi connectivity index (χ3n) is 1.15. The first kappa shape index (κ1) is 9.84. The smallest absolute Gasteiger partial charge is 0.0932 e. The first-order valence-corrected chi connectivity index (χ1v) is 3.31. The normalized spacial score (nSPS) is 16.8. The average Bonchev–Trinajstić information content (AvgIpc) is 1.99. The van der Waals surface area contributed by atoms with Gasteiger partial charge in [-0.1, -0.05) is 0 Å². The van der Waals surface area contributed by atoms with Gasteiger partial charge in [-0.2, -0.15) is 0 Å². The maximum atomic E-state index is 8.58. The van der Waals surface area contributed by atoms with Crippen LogP contribution >= 0.6 is 0 Å². The maximum Gasteiger partial charge on any atom is 0.0932 e. The first-order chi connectivity index (χ1) is 4.74. The molecule has 2 atom stereocenters. The van der Waals surface area contributed by atoms with Gasteiger partial charge in [-0.05, 0) is 6.92 Å². The van der Waals surface area contributed by atoms with Gasteiger partial charge in [-0.25, -0.2) is 0 Å². The Bertz CT molecular complexity index is 75.4. The van der Waals surface area contributed by atoms with Crippen LogP contribution in [0.5, 0.6) is 0 Å². The van der Waals surface area contributed by atoms with Gasteiger partial charge >= 0.3 is 0 Å². The van der Waals surface area contributed by atoms with Crippen molar-refractivity contribution in [1.29, 1.82) is 0 Å². The molecule has 4 nitrogen and oxygen atoms in total. The lowest BCUT2D eigenvalue weighted by molar-refractivity contribution is -0.0467. The molecule has 4 N–H and O–H groups in total. The summed E-state index contributed by atoms with van der Waals surface area (Å²) in [6.07, 6.45) is -0.595. The number of ether oxygens (including phenoxy) is 1. The Hall–Kier alpha value is -0.160. The molecule has 0 radical (unpaired) electrons. The highest BCUT2D eigenvalue weighted by atomic mass is 16.5. The number of nitrogens with two attached hydrogens (primary N) is 1. The van der Waals surface area contributed by atoms with Gasteiger partial charge in [0.25, 0.3) is 0 Å². The molecule has 0 unspecified atom stereocenters. The van der Waals surface area contributed by atoms with E-state index in [1.807, 2.05) is 0 Å². The van der Waals surface area contributed by atoms with E-state index in [0.29, 0.717) is 0 Å². The van der Waals surface area contributed by atoms with E-state index >= 15 is 0 Å². The lowest BCUT2D eigenvalue weighted by Crippen LogP contribution is -2.32. The van der Waals surface area contributed by atoms with E-state index < -0.39 is 0 Å². The molecule has 0 aliphatic carbocycles. The van der Waals surface area contributed by atoms with E-state index in [2.05, 4.69) is 0 Å². The summed E-state index contributed by atoms with van der Waals surface area (Å²) in [5.74, 6) is 0. The van der Waals surface area contributed by atoms with Crippen LogP contribution < -0.4 is 5.73 Å². The van der Waals surface area contributed by atoms with Crippen molar-refractivity contribution in [2.45, 2.75) is 19.1 Å². The second-order valence-electron chi connectivity index (χ2n) is 2.17. The summed E-state index contributed by atoms with van der Waals surface area (Å²) in [5, 5.41) is 17.1. The highest BCUT2D eigenvalue weighted by molar-refractivity contribution is 4.58. The van der Waals surface area contributed by atoms with Crippen molar-refractivity contribution in [2.24, 2.45) is 5.73 Å². The number of hydrogen-bond donors (Lipinski definition) is 3. The van der Waals surface area contributed by atoms with Gasteiger partial charge in [0, 0.05) is 6.54 Å². The van der Waals surface area contributed by atoms with Gasteiger partial charge in [0.1, 0.15) is 0 Å². The van der Waals surface area contributed by atoms with Crippen LogP contribution in [-0.4, -0.2) is 42.2 Å². The molecular weight excluding hydrogens is 134 g/mol. The first-order valence-electron chi connectivity index (χ1n) is 3.31. The molecular formula is C6H15NO3. The molecule has 10 heavy (non-hydrogen) atoms. The summed E-state index contributed by atoms with van der Waals surface area (Å²) in [6, 6.07) is 0. The van der Waals surface area contributed by atoms with E-state index in [0.717, 1.165) is 0 Å². The Kier molecular flexibility index (Phi) is 5.52. The summed E-state index contributed by atoms with van der Waals surface area (Å²) in [6.45, 7) is 1.86. The van der Waals surface area contributed by atoms with Gasteiger partial charge in [-0.15, -0.1) is 0 Å². The Balaban J connectivity index is 3.41. The van der Waals surface area contributed by atoms with Crippen LogP contribution in [-0.2, 0) is 4.74 Å². The predicted molar refractivity (Wildman–Crippen MR) is 37.6 cm³/mol. The van der Waals surface area contributed by atoms with Gasteiger partial charge in [-0.3, -0.25) is 0 Å². The summed E-state index contributed by atoms with van der Waals surface area (Å²) >= 11 is 0. The molecule has 0 spiro atoms. The molecule has 0 aliphatic rings. The van der Waals surface area contributed by atoms with Crippen LogP contribution in [0.15, 0.2) is 0 Å². The quantitative estimate of drug-likeness (QED) is 0.454. The van der Waals surface area contributed by atoms with Crippen LogP contribution in [0.3, 0.4) is 0 Å². The fourth-order valence-electron chi connectivity index (χ4n) is 0.545. The predicted octanol–water partition coefficient (Wildman–Crippen LogP) is -1.30. The van der Waals surface area contributed by atoms with E-state index in [1.165, 1.54) is 0 Å². The number of rotatable bonds is 5. The van der Waals surface area contributed by atoms with Crippen molar-refractivity contribution in [2.75, 3.05) is 19.8 Å². The van der Waals surface area contributed by atoms with Crippen LogP contribution in [0.1, 0.15) is 6.92 Å². The van der Waals surface area contributed by atoms with E-state index in [-0.39, 0.29) is 32.0 Å². The molecule has 0 aromatic heterocycles. The molecule has 0 amide bonds. The fourth-order valence-corrected chi connectivity index (χ4v) is 0.545. The minimum absolute atomic E-state index is 0.0451. The number of aliphatic hydroxyl groups excluding tert-OH is 2. The van der Waals surface area contributed by atoms with Crippen LogP contribution in [0.4, 0.5) is 0 Å². The molecule has 0 saturated heterocycles. The second kappa shape index (κ2) is 5.61. The van der Waals surface area contributed by atoms with Gasteiger partial charge in [0.05, 0.1) is 25.4 Å². The lowest BCUT2D eigenvalue weighted by atomic mass is 10.3. The monoisotopic (exact) mass is 149 g/mol. The highest BCUT2D eigenvalue weighted by Gasteiger charge is 2.08. The lowest BCUT2D eigenvalue weighted by Gasteiger charge is -2.17. The molecule has 0 bridgehead atoms. The molecule has 0 heterocycles. The van der Waals surface area contributed by atoms with Crippen molar-refractivity contribution in [1.82, 2.24) is 0 Å². The van der Waals surface area contributed by atoms with Crippen molar-refractivity contribution in [3.05, 3.63) is 0 Å². The van der Waals surface area contributed by atoms with Crippen molar-refractivity contribution < 1.29 is 14.9 Å². The second-order valence-corrected chi connectivity index (χ2v) is 2.17. The Morgan fingerprint density at radius 1 is 1.40 bits per heavy atom. The molecule has 0 aliphatic heterocycles. The Morgan fingerprint density at radius 3 is 2.30 bits per heavy atom.